The van der Waals surface area contributed by atoms with Gasteiger partial charge in [-0.2, -0.15) is 0 Å². The first-order valence-electron chi connectivity index (χ1n) is 9.13. The zero-order valence-corrected chi connectivity index (χ0v) is 16.6. The van der Waals surface area contributed by atoms with E-state index in [0.29, 0.717) is 5.13 Å². The van der Waals surface area contributed by atoms with Gasteiger partial charge in [0.15, 0.2) is 5.13 Å². The van der Waals surface area contributed by atoms with Crippen LogP contribution in [0.4, 0.5) is 5.13 Å². The summed E-state index contributed by atoms with van der Waals surface area (Å²) in [7, 11) is 1.62. The Labute approximate surface area is 171 Å². The van der Waals surface area contributed by atoms with Crippen LogP contribution in [0.3, 0.4) is 0 Å². The van der Waals surface area contributed by atoms with E-state index in [1.807, 2.05) is 60.0 Å². The Morgan fingerprint density at radius 1 is 1.07 bits per heavy atom. The number of ether oxygens (including phenoxy) is 1. The third kappa shape index (κ3) is 4.20. The van der Waals surface area contributed by atoms with Crippen LogP contribution >= 0.6 is 11.3 Å². The maximum absolute atomic E-state index is 12.5. The van der Waals surface area contributed by atoms with E-state index in [1.54, 1.807) is 17.9 Å². The number of amides is 1. The maximum Gasteiger partial charge on any atom is 0.231 e. The van der Waals surface area contributed by atoms with E-state index in [-0.39, 0.29) is 24.7 Å². The van der Waals surface area contributed by atoms with Gasteiger partial charge in [0.1, 0.15) is 5.75 Å². The summed E-state index contributed by atoms with van der Waals surface area (Å²) >= 11 is 1.35. The number of carbonyl (C=O) groups excluding carboxylic acids is 2. The van der Waals surface area contributed by atoms with Gasteiger partial charge in [0.05, 0.1) is 18.3 Å². The number of thiazole rings is 1. The van der Waals surface area contributed by atoms with Crippen molar-refractivity contribution in [1.82, 2.24) is 9.55 Å². The predicted octanol–water partition coefficient (Wildman–Crippen LogP) is 4.83. The van der Waals surface area contributed by atoms with Gasteiger partial charge in [-0.3, -0.25) is 14.2 Å². The average molecular weight is 405 g/mol. The molecule has 4 aromatic rings. The summed E-state index contributed by atoms with van der Waals surface area (Å²) in [6.45, 7) is 0. The molecular formula is C22H19N3O3S. The number of benzene rings is 2. The third-order valence-electron chi connectivity index (χ3n) is 4.57. The molecule has 29 heavy (non-hydrogen) atoms. The highest BCUT2D eigenvalue weighted by atomic mass is 32.1. The van der Waals surface area contributed by atoms with Crippen molar-refractivity contribution in [3.8, 4) is 17.0 Å². The van der Waals surface area contributed by atoms with Gasteiger partial charge >= 0.3 is 0 Å². The minimum Gasteiger partial charge on any atom is -0.497 e. The normalized spacial score (nSPS) is 10.8. The fourth-order valence-electron chi connectivity index (χ4n) is 3.05. The molecule has 146 valence electrons. The molecule has 0 spiro atoms. The average Bonchev–Trinajstić information content (AvgIpc) is 3.39. The smallest absolute Gasteiger partial charge is 0.231 e. The molecular weight excluding hydrogens is 386 g/mol. The molecule has 2 aromatic heterocycles. The van der Waals surface area contributed by atoms with Gasteiger partial charge in [0.2, 0.25) is 11.8 Å². The number of para-hydroxylation sites is 1. The van der Waals surface area contributed by atoms with E-state index in [2.05, 4.69) is 10.3 Å². The Kier molecular flexibility index (Phi) is 5.39. The highest BCUT2D eigenvalue weighted by Crippen LogP contribution is 2.26. The summed E-state index contributed by atoms with van der Waals surface area (Å²) in [6, 6.07) is 17.1. The van der Waals surface area contributed by atoms with Crippen molar-refractivity contribution in [2.24, 2.45) is 0 Å². The highest BCUT2D eigenvalue weighted by Gasteiger charge is 2.13. The van der Waals surface area contributed by atoms with Gasteiger partial charge in [-0.05, 0) is 36.4 Å². The molecule has 6 nitrogen and oxygen atoms in total. The molecule has 0 radical (unpaired) electrons. The SMILES string of the molecule is COc1ccc(-c2csc(NC(=O)CCC(=O)n3ccc4ccccc43)n2)cc1. The molecule has 0 aliphatic heterocycles. The zero-order chi connectivity index (χ0) is 20.2. The number of carbonyl (C=O) groups is 2. The van der Waals surface area contributed by atoms with Crippen LogP contribution in [0.5, 0.6) is 5.75 Å². The van der Waals surface area contributed by atoms with Crippen LogP contribution in [-0.4, -0.2) is 28.5 Å². The molecule has 2 heterocycles. The molecule has 7 heteroatoms. The van der Waals surface area contributed by atoms with E-state index in [9.17, 15) is 9.59 Å². The van der Waals surface area contributed by atoms with Crippen LogP contribution in [0, 0.1) is 0 Å². The molecule has 1 N–H and O–H groups in total. The molecule has 0 bridgehead atoms. The monoisotopic (exact) mass is 405 g/mol. The summed E-state index contributed by atoms with van der Waals surface area (Å²) in [5.74, 6) is 0.433. The van der Waals surface area contributed by atoms with Crippen molar-refractivity contribution >= 4 is 39.2 Å². The Hall–Kier alpha value is -3.45. The molecule has 0 unspecified atom stereocenters. The van der Waals surface area contributed by atoms with Crippen LogP contribution in [0.1, 0.15) is 17.6 Å². The number of anilines is 1. The second kappa shape index (κ2) is 8.28. The minimum atomic E-state index is -0.231. The minimum absolute atomic E-state index is 0.1000. The maximum atomic E-state index is 12.5. The molecule has 0 atom stereocenters. The third-order valence-corrected chi connectivity index (χ3v) is 5.33. The Morgan fingerprint density at radius 3 is 2.66 bits per heavy atom. The number of hydrogen-bond acceptors (Lipinski definition) is 5. The number of hydrogen-bond donors (Lipinski definition) is 1. The van der Waals surface area contributed by atoms with Crippen LogP contribution in [0.15, 0.2) is 66.2 Å². The molecule has 0 saturated heterocycles. The molecule has 0 aliphatic rings. The largest absolute Gasteiger partial charge is 0.497 e. The lowest BCUT2D eigenvalue weighted by molar-refractivity contribution is -0.116. The second-order valence-corrected chi connectivity index (χ2v) is 7.31. The highest BCUT2D eigenvalue weighted by molar-refractivity contribution is 7.14. The second-order valence-electron chi connectivity index (χ2n) is 6.45. The van der Waals surface area contributed by atoms with Crippen molar-refractivity contribution in [3.05, 3.63) is 66.2 Å². The van der Waals surface area contributed by atoms with E-state index in [4.69, 9.17) is 4.74 Å². The molecule has 0 aliphatic carbocycles. The van der Waals surface area contributed by atoms with E-state index < -0.39 is 0 Å². The van der Waals surface area contributed by atoms with Gasteiger partial charge in [0.25, 0.3) is 0 Å². The van der Waals surface area contributed by atoms with Crippen molar-refractivity contribution in [1.29, 1.82) is 0 Å². The summed E-state index contributed by atoms with van der Waals surface area (Å²) in [4.78, 5) is 29.2. The Morgan fingerprint density at radius 2 is 1.86 bits per heavy atom. The van der Waals surface area contributed by atoms with Gasteiger partial charge in [-0.15, -0.1) is 11.3 Å². The fourth-order valence-corrected chi connectivity index (χ4v) is 3.78. The van der Waals surface area contributed by atoms with Gasteiger partial charge < -0.3 is 10.1 Å². The van der Waals surface area contributed by atoms with Gasteiger partial charge in [-0.25, -0.2) is 4.98 Å². The van der Waals surface area contributed by atoms with E-state index in [1.165, 1.54) is 11.3 Å². The first kappa shape index (κ1) is 18.9. The standard InChI is InChI=1S/C22H19N3O3S/c1-28-17-8-6-15(7-9-17)18-14-29-22(23-18)24-20(26)10-11-21(27)25-13-12-16-4-2-3-5-19(16)25/h2-9,12-14H,10-11H2,1H3,(H,23,24,26). The first-order chi connectivity index (χ1) is 14.1. The fraction of sp³-hybridized carbons (Fsp3) is 0.136. The number of methoxy groups -OCH3 is 1. The molecule has 0 fully saturated rings. The van der Waals surface area contributed by atoms with Crippen LogP contribution < -0.4 is 10.1 Å². The molecule has 1 amide bonds. The summed E-state index contributed by atoms with van der Waals surface area (Å²) < 4.78 is 6.75. The van der Waals surface area contributed by atoms with Crippen LogP contribution in [0.25, 0.3) is 22.2 Å². The van der Waals surface area contributed by atoms with E-state index >= 15 is 0 Å². The Bertz CT molecular complexity index is 1160. The number of fused-ring (bicyclic) bond motifs is 1. The summed E-state index contributed by atoms with van der Waals surface area (Å²) in [5.41, 5.74) is 2.57. The van der Waals surface area contributed by atoms with E-state index in [0.717, 1.165) is 27.9 Å². The first-order valence-corrected chi connectivity index (χ1v) is 10.0. The van der Waals surface area contributed by atoms with Crippen LogP contribution in [0.2, 0.25) is 0 Å². The number of nitrogens with zero attached hydrogens (tertiary/aromatic N) is 2. The number of rotatable bonds is 6. The zero-order valence-electron chi connectivity index (χ0n) is 15.8. The van der Waals surface area contributed by atoms with Crippen LogP contribution in [-0.2, 0) is 4.79 Å². The van der Waals surface area contributed by atoms with Crippen molar-refractivity contribution in [3.63, 3.8) is 0 Å². The van der Waals surface area contributed by atoms with Gasteiger partial charge in [0, 0.05) is 35.4 Å². The Balaban J connectivity index is 1.35. The van der Waals surface area contributed by atoms with Crippen molar-refractivity contribution in [2.75, 3.05) is 12.4 Å². The quantitative estimate of drug-likeness (QED) is 0.498. The summed E-state index contributed by atoms with van der Waals surface area (Å²) in [5, 5.41) is 6.17. The van der Waals surface area contributed by atoms with Gasteiger partial charge in [-0.1, -0.05) is 18.2 Å². The summed E-state index contributed by atoms with van der Waals surface area (Å²) in [6.07, 6.45) is 1.97. The van der Waals surface area contributed by atoms with Crippen molar-refractivity contribution < 1.29 is 14.3 Å². The molecule has 0 saturated carbocycles. The lowest BCUT2D eigenvalue weighted by Crippen LogP contribution is -2.16. The molecule has 4 rings (SSSR count). The topological polar surface area (TPSA) is 73.2 Å². The lowest BCUT2D eigenvalue weighted by Gasteiger charge is -2.04. The lowest BCUT2D eigenvalue weighted by atomic mass is 10.2. The number of nitrogens with one attached hydrogen (secondary N) is 1. The number of aromatic nitrogens is 2. The molecule has 2 aromatic carbocycles. The predicted molar refractivity (Wildman–Crippen MR) is 115 cm³/mol. The van der Waals surface area contributed by atoms with Crippen molar-refractivity contribution in [2.45, 2.75) is 12.8 Å².